The molecule has 1 unspecified atom stereocenters. The highest BCUT2D eigenvalue weighted by Gasteiger charge is 2.20. The topological polar surface area (TPSA) is 49.8 Å². The second-order valence-electron chi connectivity index (χ2n) is 4.71. The molecule has 0 bridgehead atoms. The Hall–Kier alpha value is -0.610. The molecule has 0 aromatic heterocycles. The molecule has 4 heteroatoms. The van der Waals surface area contributed by atoms with Gasteiger partial charge in [-0.15, -0.1) is 0 Å². The fraction of sp³-hybridized carbons (Fsp3) is 0.909. The number of hydrogen-bond acceptors (Lipinski definition) is 3. The molecule has 0 aromatic rings. The second kappa shape index (κ2) is 6.08. The van der Waals surface area contributed by atoms with Crippen LogP contribution in [0.1, 0.15) is 20.3 Å². The Morgan fingerprint density at radius 3 is 2.80 bits per heavy atom. The predicted molar refractivity (Wildman–Crippen MR) is 57.8 cm³/mol. The van der Waals surface area contributed by atoms with Gasteiger partial charge in [-0.3, -0.25) is 9.69 Å². The number of carbonyl (C=O) groups is 1. The van der Waals surface area contributed by atoms with Crippen LogP contribution in [0.15, 0.2) is 0 Å². The molecule has 1 atom stereocenters. The van der Waals surface area contributed by atoms with Gasteiger partial charge in [0.05, 0.1) is 13.2 Å². The van der Waals surface area contributed by atoms with Gasteiger partial charge in [0.25, 0.3) is 0 Å². The van der Waals surface area contributed by atoms with Crippen molar-refractivity contribution in [3.05, 3.63) is 0 Å². The number of carboxylic acids is 1. The van der Waals surface area contributed by atoms with Gasteiger partial charge >= 0.3 is 5.97 Å². The molecule has 1 aliphatic heterocycles. The zero-order chi connectivity index (χ0) is 11.3. The average Bonchev–Trinajstić information content (AvgIpc) is 2.53. The van der Waals surface area contributed by atoms with Crippen LogP contribution >= 0.6 is 0 Å². The van der Waals surface area contributed by atoms with E-state index in [2.05, 4.69) is 13.8 Å². The van der Waals surface area contributed by atoms with E-state index in [1.807, 2.05) is 4.90 Å². The van der Waals surface area contributed by atoms with Gasteiger partial charge in [-0.2, -0.15) is 0 Å². The smallest absolute Gasteiger partial charge is 0.317 e. The maximum absolute atomic E-state index is 10.7. The molecule has 0 aromatic carbocycles. The minimum atomic E-state index is -0.741. The van der Waals surface area contributed by atoms with Crippen LogP contribution in [0.3, 0.4) is 0 Å². The van der Waals surface area contributed by atoms with Crippen molar-refractivity contribution in [3.63, 3.8) is 0 Å². The van der Waals surface area contributed by atoms with E-state index >= 15 is 0 Å². The van der Waals surface area contributed by atoms with Gasteiger partial charge in [0.15, 0.2) is 0 Å². The molecule has 0 spiro atoms. The third-order valence-corrected chi connectivity index (χ3v) is 2.52. The van der Waals surface area contributed by atoms with Crippen molar-refractivity contribution in [2.24, 2.45) is 11.8 Å². The molecule has 0 amide bonds. The quantitative estimate of drug-likeness (QED) is 0.720. The maximum atomic E-state index is 10.7. The summed E-state index contributed by atoms with van der Waals surface area (Å²) in [5.41, 5.74) is 0. The second-order valence-corrected chi connectivity index (χ2v) is 4.71. The Balaban J connectivity index is 2.36. The molecule has 0 aliphatic carbocycles. The summed E-state index contributed by atoms with van der Waals surface area (Å²) < 4.78 is 5.29. The van der Waals surface area contributed by atoms with Crippen LogP contribution in [-0.4, -0.2) is 48.8 Å². The molecule has 1 rings (SSSR count). The summed E-state index contributed by atoms with van der Waals surface area (Å²) in [6.45, 7) is 7.68. The summed E-state index contributed by atoms with van der Waals surface area (Å²) >= 11 is 0. The Morgan fingerprint density at radius 2 is 2.33 bits per heavy atom. The lowest BCUT2D eigenvalue weighted by atomic mass is 10.1. The lowest BCUT2D eigenvalue weighted by molar-refractivity contribution is -0.138. The van der Waals surface area contributed by atoms with E-state index in [-0.39, 0.29) is 6.54 Å². The van der Waals surface area contributed by atoms with Gasteiger partial charge in [-0.25, -0.2) is 0 Å². The predicted octanol–water partition coefficient (Wildman–Crippen LogP) is 1.07. The third-order valence-electron chi connectivity index (χ3n) is 2.52. The minimum absolute atomic E-state index is 0.147. The zero-order valence-electron chi connectivity index (χ0n) is 9.61. The van der Waals surface area contributed by atoms with E-state index in [9.17, 15) is 4.79 Å². The van der Waals surface area contributed by atoms with Gasteiger partial charge in [-0.1, -0.05) is 13.8 Å². The standard InChI is InChI=1S/C11H21NO3/c1-9(2)5-12(7-11(13)14)6-10-3-4-15-8-10/h9-10H,3-8H2,1-2H3,(H,13,14). The zero-order valence-corrected chi connectivity index (χ0v) is 9.61. The van der Waals surface area contributed by atoms with Crippen LogP contribution in [-0.2, 0) is 9.53 Å². The Bertz CT molecular complexity index is 200. The summed E-state index contributed by atoms with van der Waals surface area (Å²) in [7, 11) is 0. The number of aliphatic carboxylic acids is 1. The van der Waals surface area contributed by atoms with E-state index in [0.717, 1.165) is 32.7 Å². The van der Waals surface area contributed by atoms with E-state index in [4.69, 9.17) is 9.84 Å². The molecule has 88 valence electrons. The van der Waals surface area contributed by atoms with Crippen molar-refractivity contribution in [2.75, 3.05) is 32.8 Å². The molecule has 1 saturated heterocycles. The molecule has 1 heterocycles. The Kier molecular flexibility index (Phi) is 5.05. The van der Waals surface area contributed by atoms with E-state index in [1.165, 1.54) is 0 Å². The van der Waals surface area contributed by atoms with Crippen LogP contribution in [0.25, 0.3) is 0 Å². The van der Waals surface area contributed by atoms with Crippen LogP contribution in [0.4, 0.5) is 0 Å². The van der Waals surface area contributed by atoms with Gasteiger partial charge in [0.2, 0.25) is 0 Å². The van der Waals surface area contributed by atoms with E-state index in [1.54, 1.807) is 0 Å². The third kappa shape index (κ3) is 5.14. The summed E-state index contributed by atoms with van der Waals surface area (Å²) in [5.74, 6) is 0.282. The van der Waals surface area contributed by atoms with Crippen molar-refractivity contribution in [1.82, 2.24) is 4.90 Å². The molecule has 0 radical (unpaired) electrons. The molecule has 4 nitrogen and oxygen atoms in total. The first-order chi connectivity index (χ1) is 7.08. The lowest BCUT2D eigenvalue weighted by Crippen LogP contribution is -2.37. The van der Waals surface area contributed by atoms with Gasteiger partial charge < -0.3 is 9.84 Å². The van der Waals surface area contributed by atoms with Crippen LogP contribution in [0.2, 0.25) is 0 Å². The van der Waals surface area contributed by atoms with Crippen molar-refractivity contribution < 1.29 is 14.6 Å². The first-order valence-electron chi connectivity index (χ1n) is 5.60. The lowest BCUT2D eigenvalue weighted by Gasteiger charge is -2.24. The van der Waals surface area contributed by atoms with Crippen LogP contribution in [0, 0.1) is 11.8 Å². The van der Waals surface area contributed by atoms with Crippen molar-refractivity contribution in [1.29, 1.82) is 0 Å². The molecule has 1 aliphatic rings. The van der Waals surface area contributed by atoms with Gasteiger partial charge in [0, 0.05) is 19.7 Å². The summed E-state index contributed by atoms with van der Waals surface area (Å²) in [4.78, 5) is 12.7. The highest BCUT2D eigenvalue weighted by molar-refractivity contribution is 5.69. The number of carboxylic acid groups (broad SMARTS) is 1. The molecule has 15 heavy (non-hydrogen) atoms. The molecular formula is C11H21NO3. The highest BCUT2D eigenvalue weighted by atomic mass is 16.5. The van der Waals surface area contributed by atoms with E-state index in [0.29, 0.717) is 11.8 Å². The van der Waals surface area contributed by atoms with Crippen molar-refractivity contribution in [2.45, 2.75) is 20.3 Å². The van der Waals surface area contributed by atoms with Gasteiger partial charge in [0.1, 0.15) is 0 Å². The van der Waals surface area contributed by atoms with E-state index < -0.39 is 5.97 Å². The summed E-state index contributed by atoms with van der Waals surface area (Å²) in [5, 5.41) is 8.80. The number of ether oxygens (including phenoxy) is 1. The molecular weight excluding hydrogens is 194 g/mol. The normalized spacial score (nSPS) is 21.5. The first kappa shape index (κ1) is 12.5. The Labute approximate surface area is 91.2 Å². The molecule has 1 fully saturated rings. The summed E-state index contributed by atoms with van der Waals surface area (Å²) in [6.07, 6.45) is 1.06. The monoisotopic (exact) mass is 215 g/mol. The number of hydrogen-bond donors (Lipinski definition) is 1. The number of nitrogens with zero attached hydrogens (tertiary/aromatic N) is 1. The average molecular weight is 215 g/mol. The van der Waals surface area contributed by atoms with Gasteiger partial charge in [-0.05, 0) is 18.3 Å². The first-order valence-corrected chi connectivity index (χ1v) is 5.60. The Morgan fingerprint density at radius 1 is 1.60 bits per heavy atom. The summed E-state index contributed by atoms with van der Waals surface area (Å²) in [6, 6.07) is 0. The van der Waals surface area contributed by atoms with Crippen molar-refractivity contribution in [3.8, 4) is 0 Å². The van der Waals surface area contributed by atoms with Crippen molar-refractivity contribution >= 4 is 5.97 Å². The maximum Gasteiger partial charge on any atom is 0.317 e. The van der Waals surface area contributed by atoms with Crippen LogP contribution < -0.4 is 0 Å². The highest BCUT2D eigenvalue weighted by Crippen LogP contribution is 2.14. The van der Waals surface area contributed by atoms with Crippen LogP contribution in [0.5, 0.6) is 0 Å². The fourth-order valence-corrected chi connectivity index (χ4v) is 2.00. The molecule has 0 saturated carbocycles. The SMILES string of the molecule is CC(C)CN(CC(=O)O)CC1CCOC1. The largest absolute Gasteiger partial charge is 0.480 e. The molecule has 1 N–H and O–H groups in total. The fourth-order valence-electron chi connectivity index (χ4n) is 2.00. The minimum Gasteiger partial charge on any atom is -0.480 e. The number of rotatable bonds is 6.